The molecule has 1 amide bonds. The Balaban J connectivity index is 1.59. The molecular formula is C22H24ClN3O3. The molecule has 1 heterocycles. The summed E-state index contributed by atoms with van der Waals surface area (Å²) < 4.78 is 11.2. The standard InChI is InChI=1S/C22H24ClN3O3/c1-16(8-9-26-10-12-28-13-11-26)25-22(27)17-4-2-5-18(14-17)29-21-7-3-6-20(23)19(21)15-24/h2-7,14,16H,8-13H2,1H3,(H,25,27). The average Bonchev–Trinajstić information content (AvgIpc) is 2.73. The molecule has 2 aromatic rings. The van der Waals surface area contributed by atoms with E-state index >= 15 is 0 Å². The lowest BCUT2D eigenvalue weighted by Crippen LogP contribution is -2.40. The molecule has 1 unspecified atom stereocenters. The van der Waals surface area contributed by atoms with Crippen LogP contribution in [0.5, 0.6) is 11.5 Å². The predicted octanol–water partition coefficient (Wildman–Crippen LogP) is 3.84. The summed E-state index contributed by atoms with van der Waals surface area (Å²) >= 11 is 6.04. The third kappa shape index (κ3) is 5.94. The van der Waals surface area contributed by atoms with E-state index in [2.05, 4.69) is 10.2 Å². The molecule has 152 valence electrons. The predicted molar refractivity (Wildman–Crippen MR) is 111 cm³/mol. The Bertz CT molecular complexity index is 891. The van der Waals surface area contributed by atoms with Crippen molar-refractivity contribution < 1.29 is 14.3 Å². The summed E-state index contributed by atoms with van der Waals surface area (Å²) in [7, 11) is 0. The van der Waals surface area contributed by atoms with E-state index in [-0.39, 0.29) is 17.5 Å². The molecule has 29 heavy (non-hydrogen) atoms. The van der Waals surface area contributed by atoms with Crippen LogP contribution in [0.1, 0.15) is 29.3 Å². The molecule has 1 atom stereocenters. The largest absolute Gasteiger partial charge is 0.456 e. The summed E-state index contributed by atoms with van der Waals surface area (Å²) in [5, 5.41) is 12.6. The van der Waals surface area contributed by atoms with E-state index in [4.69, 9.17) is 21.1 Å². The molecule has 1 fully saturated rings. The minimum atomic E-state index is -0.156. The highest BCUT2D eigenvalue weighted by Crippen LogP contribution is 2.30. The van der Waals surface area contributed by atoms with Gasteiger partial charge in [0.2, 0.25) is 0 Å². The van der Waals surface area contributed by atoms with Crippen molar-refractivity contribution in [1.29, 1.82) is 5.26 Å². The fourth-order valence-corrected chi connectivity index (χ4v) is 3.31. The molecule has 0 spiro atoms. The first-order chi connectivity index (χ1) is 14.1. The van der Waals surface area contributed by atoms with Crippen LogP contribution in [0.3, 0.4) is 0 Å². The van der Waals surface area contributed by atoms with Crippen molar-refractivity contribution in [2.75, 3.05) is 32.8 Å². The number of nitrogens with one attached hydrogen (secondary N) is 1. The zero-order chi connectivity index (χ0) is 20.6. The van der Waals surface area contributed by atoms with Gasteiger partial charge in [-0.2, -0.15) is 5.26 Å². The van der Waals surface area contributed by atoms with Gasteiger partial charge in [0.15, 0.2) is 0 Å². The van der Waals surface area contributed by atoms with Gasteiger partial charge < -0.3 is 14.8 Å². The van der Waals surface area contributed by atoms with Crippen LogP contribution in [0, 0.1) is 11.3 Å². The van der Waals surface area contributed by atoms with Crippen molar-refractivity contribution >= 4 is 17.5 Å². The first kappa shape index (κ1) is 21.1. The fourth-order valence-electron chi connectivity index (χ4n) is 3.11. The molecule has 6 nitrogen and oxygen atoms in total. The number of benzene rings is 2. The lowest BCUT2D eigenvalue weighted by molar-refractivity contribution is 0.0363. The highest BCUT2D eigenvalue weighted by atomic mass is 35.5. The van der Waals surface area contributed by atoms with Crippen LogP contribution < -0.4 is 10.1 Å². The molecule has 7 heteroatoms. The molecule has 0 aliphatic carbocycles. The van der Waals surface area contributed by atoms with E-state index in [1.807, 2.05) is 13.0 Å². The highest BCUT2D eigenvalue weighted by Gasteiger charge is 2.15. The van der Waals surface area contributed by atoms with E-state index in [0.29, 0.717) is 22.1 Å². The molecule has 0 radical (unpaired) electrons. The topological polar surface area (TPSA) is 74.6 Å². The van der Waals surface area contributed by atoms with E-state index in [1.165, 1.54) is 0 Å². The van der Waals surface area contributed by atoms with Crippen molar-refractivity contribution in [3.63, 3.8) is 0 Å². The van der Waals surface area contributed by atoms with Gasteiger partial charge in [0.1, 0.15) is 23.1 Å². The monoisotopic (exact) mass is 413 g/mol. The van der Waals surface area contributed by atoms with Gasteiger partial charge in [-0.3, -0.25) is 9.69 Å². The first-order valence-electron chi connectivity index (χ1n) is 9.64. The van der Waals surface area contributed by atoms with Crippen LogP contribution >= 0.6 is 11.6 Å². The number of rotatable bonds is 7. The molecule has 1 N–H and O–H groups in total. The van der Waals surface area contributed by atoms with Crippen molar-refractivity contribution in [2.24, 2.45) is 0 Å². The molecule has 2 aromatic carbocycles. The maximum absolute atomic E-state index is 12.6. The number of nitriles is 1. The average molecular weight is 414 g/mol. The normalized spacial score (nSPS) is 15.3. The fraction of sp³-hybridized carbons (Fsp3) is 0.364. The number of nitrogens with zero attached hydrogens (tertiary/aromatic N) is 2. The van der Waals surface area contributed by atoms with Crippen molar-refractivity contribution in [3.8, 4) is 17.6 Å². The molecule has 1 aliphatic rings. The van der Waals surface area contributed by atoms with Crippen LogP contribution in [0.4, 0.5) is 0 Å². The van der Waals surface area contributed by atoms with Gasteiger partial charge in [-0.05, 0) is 43.7 Å². The Kier molecular flexibility index (Phi) is 7.48. The van der Waals surface area contributed by atoms with Crippen LogP contribution in [0.2, 0.25) is 5.02 Å². The number of ether oxygens (including phenoxy) is 2. The summed E-state index contributed by atoms with van der Waals surface area (Å²) in [5.41, 5.74) is 0.766. The lowest BCUT2D eigenvalue weighted by Gasteiger charge is -2.27. The molecule has 0 saturated carbocycles. The van der Waals surface area contributed by atoms with E-state index < -0.39 is 0 Å². The Morgan fingerprint density at radius 1 is 1.31 bits per heavy atom. The zero-order valence-corrected chi connectivity index (χ0v) is 17.1. The van der Waals surface area contributed by atoms with Gasteiger partial charge in [0, 0.05) is 31.2 Å². The second-order valence-corrected chi connectivity index (χ2v) is 7.38. The number of halogens is 1. The van der Waals surface area contributed by atoms with E-state index in [0.717, 1.165) is 39.3 Å². The van der Waals surface area contributed by atoms with Crippen LogP contribution in [0.15, 0.2) is 42.5 Å². The van der Waals surface area contributed by atoms with Gasteiger partial charge in [-0.1, -0.05) is 23.7 Å². The second-order valence-electron chi connectivity index (χ2n) is 6.97. The molecule has 1 aliphatic heterocycles. The van der Waals surface area contributed by atoms with E-state index in [1.54, 1.807) is 42.5 Å². The van der Waals surface area contributed by atoms with Crippen LogP contribution in [-0.4, -0.2) is 49.7 Å². The quantitative estimate of drug-likeness (QED) is 0.746. The third-order valence-electron chi connectivity index (χ3n) is 4.77. The SMILES string of the molecule is CC(CCN1CCOCC1)NC(=O)c1cccc(Oc2cccc(Cl)c2C#N)c1. The Labute approximate surface area is 176 Å². The van der Waals surface area contributed by atoms with Crippen LogP contribution in [-0.2, 0) is 4.74 Å². The lowest BCUT2D eigenvalue weighted by atomic mass is 10.1. The molecule has 1 saturated heterocycles. The number of carbonyl (C=O) groups is 1. The smallest absolute Gasteiger partial charge is 0.251 e. The number of carbonyl (C=O) groups excluding carboxylic acids is 1. The van der Waals surface area contributed by atoms with Gasteiger partial charge in [-0.25, -0.2) is 0 Å². The van der Waals surface area contributed by atoms with E-state index in [9.17, 15) is 10.1 Å². The Morgan fingerprint density at radius 2 is 2.07 bits per heavy atom. The third-order valence-corrected chi connectivity index (χ3v) is 5.09. The summed E-state index contributed by atoms with van der Waals surface area (Å²) in [6, 6.07) is 14.0. The maximum Gasteiger partial charge on any atom is 0.251 e. The minimum Gasteiger partial charge on any atom is -0.456 e. The summed E-state index contributed by atoms with van der Waals surface area (Å²) in [6.07, 6.45) is 0.871. The zero-order valence-electron chi connectivity index (χ0n) is 16.4. The van der Waals surface area contributed by atoms with Gasteiger partial charge in [-0.15, -0.1) is 0 Å². The van der Waals surface area contributed by atoms with Gasteiger partial charge in [0.25, 0.3) is 5.91 Å². The first-order valence-corrected chi connectivity index (χ1v) is 10.0. The molecule has 0 aromatic heterocycles. The molecule has 3 rings (SSSR count). The highest BCUT2D eigenvalue weighted by molar-refractivity contribution is 6.31. The minimum absolute atomic E-state index is 0.0491. The number of hydrogen-bond donors (Lipinski definition) is 1. The molecular weight excluding hydrogens is 390 g/mol. The Morgan fingerprint density at radius 3 is 2.83 bits per heavy atom. The number of amides is 1. The van der Waals surface area contributed by atoms with Crippen molar-refractivity contribution in [1.82, 2.24) is 10.2 Å². The number of morpholine rings is 1. The van der Waals surface area contributed by atoms with Crippen molar-refractivity contribution in [3.05, 3.63) is 58.6 Å². The molecule has 0 bridgehead atoms. The number of hydrogen-bond acceptors (Lipinski definition) is 5. The van der Waals surface area contributed by atoms with Crippen LogP contribution in [0.25, 0.3) is 0 Å². The summed E-state index contributed by atoms with van der Waals surface area (Å²) in [5.74, 6) is 0.672. The maximum atomic E-state index is 12.6. The second kappa shape index (κ2) is 10.3. The van der Waals surface area contributed by atoms with Gasteiger partial charge >= 0.3 is 0 Å². The summed E-state index contributed by atoms with van der Waals surface area (Å²) in [6.45, 7) is 6.35. The van der Waals surface area contributed by atoms with Gasteiger partial charge in [0.05, 0.1) is 18.2 Å². The summed E-state index contributed by atoms with van der Waals surface area (Å²) in [4.78, 5) is 15.0. The Hall–Kier alpha value is -2.59. The van der Waals surface area contributed by atoms with Crippen molar-refractivity contribution in [2.45, 2.75) is 19.4 Å².